The first-order valence-corrected chi connectivity index (χ1v) is 7.73. The minimum atomic E-state index is -0.135. The van der Waals surface area contributed by atoms with Gasteiger partial charge in [0.1, 0.15) is 0 Å². The average Bonchev–Trinajstić information content (AvgIpc) is 2.53. The van der Waals surface area contributed by atoms with E-state index in [1.165, 1.54) is 12.8 Å². The Kier molecular flexibility index (Phi) is 5.88. The Bertz CT molecular complexity index is 442. The lowest BCUT2D eigenvalue weighted by molar-refractivity contribution is 0.0125. The van der Waals surface area contributed by atoms with Gasteiger partial charge in [0.15, 0.2) is 11.5 Å². The number of hydrogen-bond acceptors (Lipinski definition) is 4. The van der Waals surface area contributed by atoms with E-state index in [0.717, 1.165) is 30.1 Å². The van der Waals surface area contributed by atoms with Gasteiger partial charge in [-0.15, -0.1) is 0 Å². The molecule has 1 aromatic carbocycles. The molecular formula is C17H27NO3. The smallest absolute Gasteiger partial charge is 0.161 e. The third-order valence-electron chi connectivity index (χ3n) is 4.31. The summed E-state index contributed by atoms with van der Waals surface area (Å²) < 4.78 is 16.5. The van der Waals surface area contributed by atoms with Gasteiger partial charge in [-0.3, -0.25) is 0 Å². The molecule has 1 atom stereocenters. The van der Waals surface area contributed by atoms with Gasteiger partial charge in [-0.1, -0.05) is 13.0 Å². The molecule has 1 fully saturated rings. The number of rotatable bonds is 6. The largest absolute Gasteiger partial charge is 0.493 e. The highest BCUT2D eigenvalue weighted by Crippen LogP contribution is 2.30. The van der Waals surface area contributed by atoms with Crippen LogP contribution in [0.15, 0.2) is 18.2 Å². The second-order valence-electron chi connectivity index (χ2n) is 5.94. The second kappa shape index (κ2) is 7.66. The quantitative estimate of drug-likeness (QED) is 0.874. The van der Waals surface area contributed by atoms with Crippen LogP contribution < -0.4 is 15.2 Å². The fourth-order valence-corrected chi connectivity index (χ4v) is 2.82. The van der Waals surface area contributed by atoms with Gasteiger partial charge in [-0.2, -0.15) is 0 Å². The highest BCUT2D eigenvalue weighted by Gasteiger charge is 2.20. The molecule has 118 valence electrons. The monoisotopic (exact) mass is 293 g/mol. The molecule has 4 heteroatoms. The number of nitrogens with two attached hydrogens (primary N) is 1. The van der Waals surface area contributed by atoms with Crippen molar-refractivity contribution >= 4 is 0 Å². The maximum Gasteiger partial charge on any atom is 0.161 e. The summed E-state index contributed by atoms with van der Waals surface area (Å²) in [6, 6.07) is 5.65. The first-order valence-electron chi connectivity index (χ1n) is 7.73. The lowest BCUT2D eigenvalue weighted by Crippen LogP contribution is -2.25. The molecule has 1 saturated carbocycles. The van der Waals surface area contributed by atoms with E-state index >= 15 is 0 Å². The molecule has 0 aliphatic heterocycles. The summed E-state index contributed by atoms with van der Waals surface area (Å²) >= 11 is 0. The van der Waals surface area contributed by atoms with E-state index in [1.54, 1.807) is 14.2 Å². The van der Waals surface area contributed by atoms with Crippen LogP contribution in [0, 0.1) is 5.92 Å². The zero-order chi connectivity index (χ0) is 15.2. The molecule has 0 aromatic heterocycles. The summed E-state index contributed by atoms with van der Waals surface area (Å²) in [5, 5.41) is 0. The third-order valence-corrected chi connectivity index (χ3v) is 4.31. The molecule has 1 aromatic rings. The van der Waals surface area contributed by atoms with Crippen LogP contribution in [0.1, 0.15) is 44.2 Å². The molecule has 0 spiro atoms. The molecule has 0 radical (unpaired) electrons. The summed E-state index contributed by atoms with van der Waals surface area (Å²) in [5.74, 6) is 2.26. The summed E-state index contributed by atoms with van der Waals surface area (Å²) in [6.45, 7) is 2.86. The Morgan fingerprint density at radius 2 is 1.76 bits per heavy atom. The molecule has 0 amide bonds. The fraction of sp³-hybridized carbons (Fsp3) is 0.647. The van der Waals surface area contributed by atoms with Crippen molar-refractivity contribution in [3.8, 4) is 11.5 Å². The Hall–Kier alpha value is -1.26. The van der Waals surface area contributed by atoms with Crippen LogP contribution in [0.25, 0.3) is 0 Å². The van der Waals surface area contributed by atoms with Crippen molar-refractivity contribution in [2.45, 2.75) is 44.8 Å². The van der Waals surface area contributed by atoms with Gasteiger partial charge in [0, 0.05) is 0 Å². The topological polar surface area (TPSA) is 53.7 Å². The van der Waals surface area contributed by atoms with Crippen molar-refractivity contribution in [2.75, 3.05) is 20.8 Å². The molecule has 1 aliphatic carbocycles. The van der Waals surface area contributed by atoms with Crippen LogP contribution in [-0.4, -0.2) is 26.9 Å². The molecular weight excluding hydrogens is 266 g/mol. The van der Waals surface area contributed by atoms with E-state index in [9.17, 15) is 0 Å². The lowest BCUT2D eigenvalue weighted by atomic mass is 9.89. The molecule has 2 N–H and O–H groups in total. The predicted molar refractivity (Wildman–Crippen MR) is 83.8 cm³/mol. The molecule has 0 heterocycles. The predicted octanol–water partition coefficient (Wildman–Crippen LogP) is 3.30. The van der Waals surface area contributed by atoms with Crippen molar-refractivity contribution in [3.05, 3.63) is 23.8 Å². The molecule has 2 rings (SSSR count). The van der Waals surface area contributed by atoms with Crippen LogP contribution in [0.4, 0.5) is 0 Å². The standard InChI is InChI=1S/C17H27NO3/c1-12-4-7-14(8-5-12)21-11-15(18)13-6-9-16(19-2)17(10-13)20-3/h6,9-10,12,14-15H,4-5,7-8,11,18H2,1-3H3. The Labute approximate surface area is 127 Å². The zero-order valence-corrected chi connectivity index (χ0v) is 13.3. The highest BCUT2D eigenvalue weighted by molar-refractivity contribution is 5.43. The Balaban J connectivity index is 1.89. The SMILES string of the molecule is COc1ccc(C(N)COC2CCC(C)CC2)cc1OC. The summed E-state index contributed by atoms with van der Waals surface area (Å²) in [5.41, 5.74) is 7.24. The molecule has 0 saturated heterocycles. The summed E-state index contributed by atoms with van der Waals surface area (Å²) in [4.78, 5) is 0. The highest BCUT2D eigenvalue weighted by atomic mass is 16.5. The van der Waals surface area contributed by atoms with Gasteiger partial charge in [-0.25, -0.2) is 0 Å². The van der Waals surface area contributed by atoms with Crippen molar-refractivity contribution in [3.63, 3.8) is 0 Å². The normalized spacial score (nSPS) is 23.6. The van der Waals surface area contributed by atoms with Gasteiger partial charge < -0.3 is 19.9 Å². The van der Waals surface area contributed by atoms with Gasteiger partial charge in [0.25, 0.3) is 0 Å². The Morgan fingerprint density at radius 3 is 2.38 bits per heavy atom. The van der Waals surface area contributed by atoms with E-state index in [1.807, 2.05) is 18.2 Å². The third kappa shape index (κ3) is 4.35. The number of benzene rings is 1. The van der Waals surface area contributed by atoms with Crippen LogP contribution in [-0.2, 0) is 4.74 Å². The van der Waals surface area contributed by atoms with Crippen LogP contribution >= 0.6 is 0 Å². The Morgan fingerprint density at radius 1 is 1.10 bits per heavy atom. The van der Waals surface area contributed by atoms with E-state index in [0.29, 0.717) is 18.5 Å². The van der Waals surface area contributed by atoms with Crippen LogP contribution in [0.2, 0.25) is 0 Å². The lowest BCUT2D eigenvalue weighted by Gasteiger charge is -2.27. The summed E-state index contributed by atoms with van der Waals surface area (Å²) in [6.07, 6.45) is 5.19. The minimum Gasteiger partial charge on any atom is -0.493 e. The van der Waals surface area contributed by atoms with Crippen LogP contribution in [0.3, 0.4) is 0 Å². The number of ether oxygens (including phenoxy) is 3. The van der Waals surface area contributed by atoms with Crippen molar-refractivity contribution in [1.82, 2.24) is 0 Å². The van der Waals surface area contributed by atoms with Gasteiger partial charge in [0.05, 0.1) is 33.0 Å². The van der Waals surface area contributed by atoms with Crippen molar-refractivity contribution in [2.24, 2.45) is 11.7 Å². The second-order valence-corrected chi connectivity index (χ2v) is 5.94. The maximum absolute atomic E-state index is 6.23. The zero-order valence-electron chi connectivity index (χ0n) is 13.3. The van der Waals surface area contributed by atoms with Crippen molar-refractivity contribution in [1.29, 1.82) is 0 Å². The first-order chi connectivity index (χ1) is 10.1. The van der Waals surface area contributed by atoms with Crippen molar-refractivity contribution < 1.29 is 14.2 Å². The molecule has 21 heavy (non-hydrogen) atoms. The van der Waals surface area contributed by atoms with E-state index < -0.39 is 0 Å². The molecule has 1 unspecified atom stereocenters. The van der Waals surface area contributed by atoms with E-state index in [2.05, 4.69) is 6.92 Å². The maximum atomic E-state index is 6.23. The van der Waals surface area contributed by atoms with E-state index in [4.69, 9.17) is 19.9 Å². The first kappa shape index (κ1) is 16.1. The number of methoxy groups -OCH3 is 2. The van der Waals surface area contributed by atoms with Gasteiger partial charge >= 0.3 is 0 Å². The molecule has 1 aliphatic rings. The molecule has 4 nitrogen and oxygen atoms in total. The average molecular weight is 293 g/mol. The van der Waals surface area contributed by atoms with Gasteiger partial charge in [0.2, 0.25) is 0 Å². The molecule has 0 bridgehead atoms. The van der Waals surface area contributed by atoms with Crippen LogP contribution in [0.5, 0.6) is 11.5 Å². The van der Waals surface area contributed by atoms with Gasteiger partial charge in [-0.05, 0) is 49.3 Å². The minimum absolute atomic E-state index is 0.135. The fourth-order valence-electron chi connectivity index (χ4n) is 2.82. The van der Waals surface area contributed by atoms with E-state index in [-0.39, 0.29) is 6.04 Å². The summed E-state index contributed by atoms with van der Waals surface area (Å²) in [7, 11) is 3.26. The number of hydrogen-bond donors (Lipinski definition) is 1.